The van der Waals surface area contributed by atoms with Crippen LogP contribution in [0.1, 0.15) is 0 Å². The molecule has 0 atom stereocenters. The van der Waals surface area contributed by atoms with Crippen molar-refractivity contribution in [2.75, 3.05) is 0 Å². The summed E-state index contributed by atoms with van der Waals surface area (Å²) in [4.78, 5) is 3.73. The molecule has 0 amide bonds. The largest absolute Gasteiger partial charge is 1.00 e. The van der Waals surface area contributed by atoms with E-state index in [9.17, 15) is 0 Å². The number of aryl methyl sites for hydroxylation is 1. The van der Waals surface area contributed by atoms with Gasteiger partial charge >= 0.3 is 0 Å². The maximum atomic E-state index is 3.73. The molecule has 1 rings (SSSR count). The Morgan fingerprint density at radius 3 is 2.38 bits per heavy atom. The maximum Gasteiger partial charge on any atom is 0.0948 e. The third-order valence-electron chi connectivity index (χ3n) is 0.576. The normalized spacial score (nSPS) is 6.62. The van der Waals surface area contributed by atoms with Crippen LogP contribution in [0, 0.1) is 6.20 Å². The third-order valence-corrected chi connectivity index (χ3v) is 0.576. The van der Waals surface area contributed by atoms with Crippen molar-refractivity contribution in [2.24, 2.45) is 7.05 Å². The monoisotopic (exact) mass is 272 g/mol. The molecule has 0 saturated carbocycles. The van der Waals surface area contributed by atoms with Gasteiger partial charge in [0.05, 0.1) is 18.7 Å². The molecule has 1 heterocycles. The molecule has 0 aliphatic heterocycles. The van der Waals surface area contributed by atoms with Gasteiger partial charge in [-0.3, -0.25) is 0 Å². The van der Waals surface area contributed by atoms with E-state index in [1.807, 2.05) is 7.05 Å². The van der Waals surface area contributed by atoms with Gasteiger partial charge in [-0.1, -0.05) is 0 Å². The molecule has 8 heavy (non-hydrogen) atoms. The maximum absolute atomic E-state index is 3.73. The van der Waals surface area contributed by atoms with Crippen molar-refractivity contribution in [3.05, 3.63) is 18.7 Å². The Morgan fingerprint density at radius 1 is 1.62 bits per heavy atom. The summed E-state index contributed by atoms with van der Waals surface area (Å²) in [6, 6.07) is 0. The Balaban J connectivity index is 0. The molecule has 2 nitrogen and oxygen atoms in total. The minimum Gasteiger partial charge on any atom is -1.00 e. The molecule has 0 fully saturated rings. The zero-order valence-corrected chi connectivity index (χ0v) is 9.76. The van der Waals surface area contributed by atoms with Gasteiger partial charge in [-0.25, -0.2) is 4.98 Å². The second-order valence-electron chi connectivity index (χ2n) is 1.13. The van der Waals surface area contributed by atoms with Gasteiger partial charge in [0.1, 0.15) is 0 Å². The molecule has 0 bridgehead atoms. The van der Waals surface area contributed by atoms with Crippen LogP contribution in [0.3, 0.4) is 0 Å². The number of aromatic nitrogens is 2. The van der Waals surface area contributed by atoms with E-state index in [1.165, 1.54) is 0 Å². The third kappa shape index (κ3) is 3.55. The van der Waals surface area contributed by atoms with Crippen LogP contribution in [0.2, 0.25) is 0 Å². The molecule has 0 unspecified atom stereocenters. The van der Waals surface area contributed by atoms with Crippen LogP contribution in [-0.2, 0) is 26.5 Å². The predicted octanol–water partition coefficient (Wildman–Crippen LogP) is -2.78. The van der Waals surface area contributed by atoms with Crippen LogP contribution in [0.15, 0.2) is 12.5 Å². The molecule has 0 aliphatic rings. The van der Waals surface area contributed by atoms with Crippen LogP contribution in [-0.4, -0.2) is 9.55 Å². The van der Waals surface area contributed by atoms with E-state index in [1.54, 1.807) is 17.1 Å². The zero-order valence-electron chi connectivity index (χ0n) is 4.63. The summed E-state index contributed by atoms with van der Waals surface area (Å²) in [5, 5.41) is 0. The fourth-order valence-electron chi connectivity index (χ4n) is 0.291. The number of rotatable bonds is 0. The zero-order chi connectivity index (χ0) is 4.41. The van der Waals surface area contributed by atoms with Crippen molar-refractivity contribution in [1.29, 1.82) is 0 Å². The van der Waals surface area contributed by atoms with Gasteiger partial charge in [-0.2, -0.15) is 0 Å². The number of halogens is 1. The average molecular weight is 273 g/mol. The van der Waals surface area contributed by atoms with Crippen LogP contribution in [0.4, 0.5) is 0 Å². The Labute approximate surface area is 78.5 Å². The van der Waals surface area contributed by atoms with E-state index in [0.717, 1.165) is 0 Å². The first kappa shape index (κ1) is 11.4. The summed E-state index contributed by atoms with van der Waals surface area (Å²) in [5.41, 5.74) is 0. The standard InChI is InChI=1S/C4H5N2.HI.Zn/c1-6-3-2-5-4-6;;/h2,4H,1H3;1H;/p-1. The average Bonchev–Trinajstić information content (AvgIpc) is 1.86. The van der Waals surface area contributed by atoms with Gasteiger partial charge in [-0.15, -0.1) is 0 Å². The first-order chi connectivity index (χ1) is 2.89. The van der Waals surface area contributed by atoms with Crippen molar-refractivity contribution >= 4 is 0 Å². The van der Waals surface area contributed by atoms with Crippen molar-refractivity contribution in [1.82, 2.24) is 9.55 Å². The van der Waals surface area contributed by atoms with E-state index in [4.69, 9.17) is 0 Å². The van der Waals surface area contributed by atoms with Crippen molar-refractivity contribution < 1.29 is 43.5 Å². The summed E-state index contributed by atoms with van der Waals surface area (Å²) in [6.45, 7) is 0. The fourth-order valence-corrected chi connectivity index (χ4v) is 0.291. The molecule has 1 radical (unpaired) electrons. The molecule has 0 aromatic carbocycles. The summed E-state index contributed by atoms with van der Waals surface area (Å²) in [5.74, 6) is 0. The van der Waals surface area contributed by atoms with E-state index >= 15 is 0 Å². The topological polar surface area (TPSA) is 17.8 Å². The fraction of sp³-hybridized carbons (Fsp3) is 0.250. The van der Waals surface area contributed by atoms with E-state index in [0.29, 0.717) is 0 Å². The smallest absolute Gasteiger partial charge is 0.0948 e. The molecular weight excluding hydrogens is 268 g/mol. The van der Waals surface area contributed by atoms with Crippen molar-refractivity contribution in [3.63, 3.8) is 0 Å². The quantitative estimate of drug-likeness (QED) is 0.369. The summed E-state index contributed by atoms with van der Waals surface area (Å²) in [7, 11) is 1.88. The summed E-state index contributed by atoms with van der Waals surface area (Å²) >= 11 is 0. The Bertz CT molecular complexity index is 118. The number of nitrogens with zero attached hydrogens (tertiary/aromatic N) is 2. The van der Waals surface area contributed by atoms with Gasteiger partial charge in [0.15, 0.2) is 0 Å². The molecule has 4 heteroatoms. The van der Waals surface area contributed by atoms with E-state index in [-0.39, 0.29) is 43.5 Å². The molecule has 0 saturated heterocycles. The van der Waals surface area contributed by atoms with Crippen LogP contribution < -0.4 is 24.0 Å². The minimum absolute atomic E-state index is 0. The molecular formula is C4H5IN2Zn-. The van der Waals surface area contributed by atoms with Crippen molar-refractivity contribution in [2.45, 2.75) is 0 Å². The SMILES string of the molecule is Cn1[c]cnc1.[I-].[Zn]. The molecule has 1 aromatic rings. The molecule has 0 aliphatic carbocycles. The van der Waals surface area contributed by atoms with E-state index in [2.05, 4.69) is 11.2 Å². The molecule has 0 spiro atoms. The first-order valence-corrected chi connectivity index (χ1v) is 1.73. The van der Waals surface area contributed by atoms with Crippen LogP contribution in [0.25, 0.3) is 0 Å². The van der Waals surface area contributed by atoms with Gasteiger partial charge in [-0.05, 0) is 0 Å². The van der Waals surface area contributed by atoms with Gasteiger partial charge in [0, 0.05) is 26.5 Å². The number of imidazole rings is 1. The number of hydrogen-bond acceptors (Lipinski definition) is 1. The number of hydrogen-bond donors (Lipinski definition) is 0. The summed E-state index contributed by atoms with van der Waals surface area (Å²) in [6.07, 6.45) is 6.12. The molecule has 0 N–H and O–H groups in total. The summed E-state index contributed by atoms with van der Waals surface area (Å²) < 4.78 is 1.76. The second kappa shape index (κ2) is 5.70. The van der Waals surface area contributed by atoms with Gasteiger partial charge < -0.3 is 28.5 Å². The predicted molar refractivity (Wildman–Crippen MR) is 22.0 cm³/mol. The Kier molecular flexibility index (Phi) is 8.10. The van der Waals surface area contributed by atoms with Crippen molar-refractivity contribution in [3.8, 4) is 0 Å². The van der Waals surface area contributed by atoms with E-state index < -0.39 is 0 Å². The van der Waals surface area contributed by atoms with Crippen LogP contribution >= 0.6 is 0 Å². The van der Waals surface area contributed by atoms with Gasteiger partial charge in [0.25, 0.3) is 0 Å². The van der Waals surface area contributed by atoms with Crippen LogP contribution in [0.5, 0.6) is 0 Å². The second-order valence-corrected chi connectivity index (χ2v) is 1.13. The molecule has 1 aromatic heterocycles. The first-order valence-electron chi connectivity index (χ1n) is 1.73. The Morgan fingerprint density at radius 2 is 2.25 bits per heavy atom. The van der Waals surface area contributed by atoms with Gasteiger partial charge in [0.2, 0.25) is 0 Å². The Hall–Kier alpha value is 0.563. The minimum atomic E-state index is 0. The molecule has 41 valence electrons.